The molecule has 0 fully saturated rings. The number of hydrogen-bond donors (Lipinski definition) is 3. The number of anilines is 2. The van der Waals surface area contributed by atoms with E-state index in [1.165, 1.54) is 19.2 Å². The minimum absolute atomic E-state index is 0.119. The third kappa shape index (κ3) is 3.55. The molecule has 11 heteroatoms. The molecular formula is C17H15BrF2N4O4. The molecule has 0 bridgehead atoms. The molecule has 0 aliphatic rings. The second kappa shape index (κ2) is 7.78. The van der Waals surface area contributed by atoms with Crippen molar-refractivity contribution in [3.63, 3.8) is 0 Å². The van der Waals surface area contributed by atoms with Crippen molar-refractivity contribution in [1.82, 2.24) is 14.1 Å². The van der Waals surface area contributed by atoms with Gasteiger partial charge in [-0.1, -0.05) is 15.9 Å². The lowest BCUT2D eigenvalue weighted by Crippen LogP contribution is -2.32. The highest BCUT2D eigenvalue weighted by Gasteiger charge is 2.21. The Morgan fingerprint density at radius 3 is 2.64 bits per heavy atom. The number of pyridine rings is 1. The second-order valence-electron chi connectivity index (χ2n) is 6.04. The van der Waals surface area contributed by atoms with Gasteiger partial charge in [-0.05, 0) is 18.2 Å². The lowest BCUT2D eigenvalue weighted by atomic mass is 10.2. The zero-order chi connectivity index (χ0) is 20.6. The van der Waals surface area contributed by atoms with Crippen LogP contribution in [0.25, 0.3) is 11.0 Å². The zero-order valence-electron chi connectivity index (χ0n) is 14.5. The lowest BCUT2D eigenvalue weighted by Gasteiger charge is -2.15. The van der Waals surface area contributed by atoms with Gasteiger partial charge in [0.1, 0.15) is 17.5 Å². The van der Waals surface area contributed by atoms with Crippen LogP contribution in [0.2, 0.25) is 0 Å². The molecule has 1 atom stereocenters. The smallest absolute Gasteiger partial charge is 0.290 e. The van der Waals surface area contributed by atoms with E-state index in [-0.39, 0.29) is 23.3 Å². The summed E-state index contributed by atoms with van der Waals surface area (Å²) in [7, 11) is 1.25. The van der Waals surface area contributed by atoms with Crippen molar-refractivity contribution in [3.05, 3.63) is 61.3 Å². The van der Waals surface area contributed by atoms with Crippen molar-refractivity contribution in [2.24, 2.45) is 7.05 Å². The molecule has 0 unspecified atom stereocenters. The number of aliphatic hydroxyl groups is 2. The first-order chi connectivity index (χ1) is 13.2. The van der Waals surface area contributed by atoms with Gasteiger partial charge in [0.2, 0.25) is 5.82 Å². The summed E-state index contributed by atoms with van der Waals surface area (Å²) in [6.07, 6.45) is -0.167. The summed E-state index contributed by atoms with van der Waals surface area (Å²) in [5, 5.41) is 20.7. The van der Waals surface area contributed by atoms with Gasteiger partial charge in [-0.3, -0.25) is 18.7 Å². The first-order valence-electron chi connectivity index (χ1n) is 8.03. The minimum Gasteiger partial charge on any atom is -0.394 e. The van der Waals surface area contributed by atoms with Crippen molar-refractivity contribution < 1.29 is 19.0 Å². The third-order valence-electron chi connectivity index (χ3n) is 4.11. The number of aromatic nitrogens is 3. The van der Waals surface area contributed by atoms with Gasteiger partial charge in [-0.2, -0.15) is 4.39 Å². The van der Waals surface area contributed by atoms with Gasteiger partial charge >= 0.3 is 0 Å². The molecule has 0 spiro atoms. The number of aryl methyl sites for hydroxylation is 1. The van der Waals surface area contributed by atoms with Gasteiger partial charge in [-0.15, -0.1) is 0 Å². The largest absolute Gasteiger partial charge is 0.394 e. The molecule has 3 rings (SSSR count). The predicted octanol–water partition coefficient (Wildman–Crippen LogP) is 1.23. The van der Waals surface area contributed by atoms with E-state index in [9.17, 15) is 23.5 Å². The topological polar surface area (TPSA) is 109 Å². The Hall–Kier alpha value is -2.63. The first kappa shape index (κ1) is 20.1. The molecule has 3 aromatic rings. The molecule has 0 amide bonds. The molecule has 0 aliphatic carbocycles. The molecule has 3 N–H and O–H groups in total. The summed E-state index contributed by atoms with van der Waals surface area (Å²) in [6, 6.07) is 3.95. The van der Waals surface area contributed by atoms with Gasteiger partial charge in [0.15, 0.2) is 5.65 Å². The molecule has 0 saturated heterocycles. The van der Waals surface area contributed by atoms with E-state index < -0.39 is 41.2 Å². The second-order valence-corrected chi connectivity index (χ2v) is 6.96. The Balaban J connectivity index is 2.29. The molecule has 1 aromatic carbocycles. The van der Waals surface area contributed by atoms with Gasteiger partial charge in [0.05, 0.1) is 30.6 Å². The Morgan fingerprint density at radius 1 is 1.29 bits per heavy atom. The van der Waals surface area contributed by atoms with Crippen LogP contribution in [0.4, 0.5) is 20.2 Å². The molecule has 2 heterocycles. The van der Waals surface area contributed by atoms with Gasteiger partial charge in [-0.25, -0.2) is 9.37 Å². The van der Waals surface area contributed by atoms with E-state index in [2.05, 4.69) is 26.2 Å². The van der Waals surface area contributed by atoms with Crippen LogP contribution in [0, 0.1) is 11.6 Å². The SMILES string of the molecule is Cn1c(=O)c(F)c(Nc2ccc(Br)cc2F)c2c(=O)n(C[C@@H](O)CO)cnc21. The number of nitrogens with one attached hydrogen (secondary N) is 1. The molecular weight excluding hydrogens is 442 g/mol. The monoisotopic (exact) mass is 456 g/mol. The Morgan fingerprint density at radius 2 is 2.00 bits per heavy atom. The number of hydrogen-bond acceptors (Lipinski definition) is 6. The maximum atomic E-state index is 14.7. The summed E-state index contributed by atoms with van der Waals surface area (Å²) in [5.74, 6) is -2.01. The number of aliphatic hydroxyl groups excluding tert-OH is 2. The summed E-state index contributed by atoms with van der Waals surface area (Å²) in [4.78, 5) is 29.0. The molecule has 8 nitrogen and oxygen atoms in total. The Kier molecular flexibility index (Phi) is 5.59. The normalized spacial score (nSPS) is 12.4. The summed E-state index contributed by atoms with van der Waals surface area (Å²) in [6.45, 7) is -0.893. The van der Waals surface area contributed by atoms with Gasteiger partial charge in [0.25, 0.3) is 11.1 Å². The first-order valence-corrected chi connectivity index (χ1v) is 8.82. The predicted molar refractivity (Wildman–Crippen MR) is 102 cm³/mol. The number of benzene rings is 1. The highest BCUT2D eigenvalue weighted by atomic mass is 79.9. The zero-order valence-corrected chi connectivity index (χ0v) is 16.1. The van der Waals surface area contributed by atoms with Crippen LogP contribution in [-0.4, -0.2) is 37.0 Å². The van der Waals surface area contributed by atoms with E-state index >= 15 is 0 Å². The highest BCUT2D eigenvalue weighted by molar-refractivity contribution is 9.10. The van der Waals surface area contributed by atoms with Crippen molar-refractivity contribution in [3.8, 4) is 0 Å². The highest BCUT2D eigenvalue weighted by Crippen LogP contribution is 2.27. The quantitative estimate of drug-likeness (QED) is 0.532. The van der Waals surface area contributed by atoms with E-state index in [0.717, 1.165) is 21.5 Å². The number of fused-ring (bicyclic) bond motifs is 1. The maximum Gasteiger partial charge on any atom is 0.290 e. The average Bonchev–Trinajstić information content (AvgIpc) is 2.66. The van der Waals surface area contributed by atoms with Crippen LogP contribution in [0.15, 0.2) is 38.6 Å². The summed E-state index contributed by atoms with van der Waals surface area (Å²) < 4.78 is 31.2. The fourth-order valence-electron chi connectivity index (χ4n) is 2.67. The molecule has 0 radical (unpaired) electrons. The van der Waals surface area contributed by atoms with Gasteiger partial charge in [0, 0.05) is 11.5 Å². The Bertz CT molecular complexity index is 1180. The van der Waals surface area contributed by atoms with Crippen molar-refractivity contribution in [1.29, 1.82) is 0 Å². The van der Waals surface area contributed by atoms with E-state index in [4.69, 9.17) is 5.11 Å². The molecule has 28 heavy (non-hydrogen) atoms. The van der Waals surface area contributed by atoms with Gasteiger partial charge < -0.3 is 15.5 Å². The van der Waals surface area contributed by atoms with Crippen LogP contribution in [0.5, 0.6) is 0 Å². The molecule has 0 aliphatic heterocycles. The third-order valence-corrected chi connectivity index (χ3v) is 4.60. The Labute approximate surface area is 164 Å². The number of halogens is 3. The van der Waals surface area contributed by atoms with E-state index in [0.29, 0.717) is 4.47 Å². The molecule has 148 valence electrons. The van der Waals surface area contributed by atoms with E-state index in [1.807, 2.05) is 0 Å². The van der Waals surface area contributed by atoms with Crippen LogP contribution in [0.3, 0.4) is 0 Å². The fraction of sp³-hybridized carbons (Fsp3) is 0.235. The van der Waals surface area contributed by atoms with Crippen LogP contribution in [-0.2, 0) is 13.6 Å². The summed E-state index contributed by atoms with van der Waals surface area (Å²) >= 11 is 3.11. The fourth-order valence-corrected chi connectivity index (χ4v) is 3.00. The maximum absolute atomic E-state index is 14.7. The van der Waals surface area contributed by atoms with Crippen molar-refractivity contribution >= 4 is 38.3 Å². The van der Waals surface area contributed by atoms with Crippen LogP contribution in [0.1, 0.15) is 0 Å². The average molecular weight is 457 g/mol. The molecule has 2 aromatic heterocycles. The lowest BCUT2D eigenvalue weighted by molar-refractivity contribution is 0.0802. The van der Waals surface area contributed by atoms with Crippen LogP contribution >= 0.6 is 15.9 Å². The van der Waals surface area contributed by atoms with Crippen LogP contribution < -0.4 is 16.4 Å². The van der Waals surface area contributed by atoms with Crippen molar-refractivity contribution in [2.75, 3.05) is 11.9 Å². The number of rotatable bonds is 5. The molecule has 0 saturated carbocycles. The van der Waals surface area contributed by atoms with Crippen molar-refractivity contribution in [2.45, 2.75) is 12.6 Å². The van der Waals surface area contributed by atoms with E-state index in [1.54, 1.807) is 0 Å². The summed E-state index contributed by atoms with van der Waals surface area (Å²) in [5.41, 5.74) is -2.61. The standard InChI is InChI=1S/C17H15BrF2N4O4/c1-23-15-12(16(27)24(7-21-15)5-9(26)6-25)14(13(20)17(23)28)22-11-3-2-8(18)4-10(11)19/h2-4,7,9,22,25-26H,5-6H2,1H3/t9-/m1/s1. The number of nitrogens with zero attached hydrogens (tertiary/aromatic N) is 3. The minimum atomic E-state index is -1.28.